The minimum absolute atomic E-state index is 0.242. The molecule has 0 spiro atoms. The molecule has 2 atom stereocenters. The van der Waals surface area contributed by atoms with E-state index in [1.54, 1.807) is 12.1 Å². The third kappa shape index (κ3) is 2.25. The number of nitrogens with zero attached hydrogens (tertiary/aromatic N) is 1. The van der Waals surface area contributed by atoms with E-state index in [2.05, 4.69) is 0 Å². The lowest BCUT2D eigenvalue weighted by atomic mass is 10.1. The Morgan fingerprint density at radius 2 is 1.88 bits per heavy atom. The molecule has 0 amide bonds. The summed E-state index contributed by atoms with van der Waals surface area (Å²) in [6, 6.07) is 4.83. The van der Waals surface area contributed by atoms with Crippen LogP contribution in [0.2, 0.25) is 0 Å². The van der Waals surface area contributed by atoms with E-state index in [9.17, 15) is 15.0 Å². The van der Waals surface area contributed by atoms with E-state index in [0.717, 1.165) is 11.3 Å². The lowest BCUT2D eigenvalue weighted by molar-refractivity contribution is 0.0572. The minimum atomic E-state index is -0.957. The van der Waals surface area contributed by atoms with Crippen LogP contribution in [0.15, 0.2) is 18.2 Å². The summed E-state index contributed by atoms with van der Waals surface area (Å²) in [7, 11) is 0. The van der Waals surface area contributed by atoms with Crippen molar-refractivity contribution in [1.29, 1.82) is 0 Å². The number of aliphatic hydroxyl groups excluding tert-OH is 2. The van der Waals surface area contributed by atoms with Crippen LogP contribution in [0, 0.1) is 6.92 Å². The van der Waals surface area contributed by atoms with E-state index in [4.69, 9.17) is 5.11 Å². The highest BCUT2D eigenvalue weighted by Gasteiger charge is 2.30. The zero-order valence-corrected chi connectivity index (χ0v) is 9.50. The van der Waals surface area contributed by atoms with Crippen LogP contribution >= 0.6 is 0 Å². The second-order valence-corrected chi connectivity index (χ2v) is 4.35. The molecule has 0 saturated carbocycles. The van der Waals surface area contributed by atoms with Crippen molar-refractivity contribution in [2.75, 3.05) is 18.0 Å². The van der Waals surface area contributed by atoms with E-state index in [0.29, 0.717) is 13.1 Å². The number of carboxylic acid groups (broad SMARTS) is 1. The van der Waals surface area contributed by atoms with Crippen molar-refractivity contribution >= 4 is 11.7 Å². The number of hydrogen-bond donors (Lipinski definition) is 3. The van der Waals surface area contributed by atoms with Crippen LogP contribution in [0.25, 0.3) is 0 Å². The topological polar surface area (TPSA) is 81.0 Å². The summed E-state index contributed by atoms with van der Waals surface area (Å²) in [5.74, 6) is -0.957. The molecule has 1 aromatic rings. The number of aromatic carboxylic acids is 1. The number of carbonyl (C=O) groups is 1. The molecule has 1 saturated heterocycles. The van der Waals surface area contributed by atoms with Gasteiger partial charge in [0.2, 0.25) is 0 Å². The fourth-order valence-electron chi connectivity index (χ4n) is 2.11. The Morgan fingerprint density at radius 1 is 1.29 bits per heavy atom. The van der Waals surface area contributed by atoms with Crippen molar-refractivity contribution in [1.82, 2.24) is 0 Å². The Kier molecular flexibility index (Phi) is 3.04. The predicted molar refractivity (Wildman–Crippen MR) is 62.4 cm³/mol. The molecule has 5 nitrogen and oxygen atoms in total. The standard InChI is InChI=1S/C12H15NO4/c1-7-4-8(12(16)17)2-3-9(7)13-5-10(14)11(15)6-13/h2-4,10-11,14-15H,5-6H2,1H3,(H,16,17). The summed E-state index contributed by atoms with van der Waals surface area (Å²) in [6.45, 7) is 2.56. The molecule has 1 aliphatic rings. The third-order valence-electron chi connectivity index (χ3n) is 3.04. The molecule has 92 valence electrons. The van der Waals surface area contributed by atoms with Gasteiger partial charge in [0, 0.05) is 18.8 Å². The van der Waals surface area contributed by atoms with E-state index in [1.165, 1.54) is 6.07 Å². The molecule has 2 unspecified atom stereocenters. The van der Waals surface area contributed by atoms with Gasteiger partial charge in [-0.25, -0.2) is 4.79 Å². The van der Waals surface area contributed by atoms with Crippen molar-refractivity contribution in [2.24, 2.45) is 0 Å². The summed E-state index contributed by atoms with van der Waals surface area (Å²) in [5.41, 5.74) is 1.92. The van der Waals surface area contributed by atoms with Crippen LogP contribution in [0.5, 0.6) is 0 Å². The Morgan fingerprint density at radius 3 is 2.35 bits per heavy atom. The van der Waals surface area contributed by atoms with Crippen molar-refractivity contribution in [3.63, 3.8) is 0 Å². The lowest BCUT2D eigenvalue weighted by Gasteiger charge is -2.20. The predicted octanol–water partition coefficient (Wildman–Crippen LogP) is 0.235. The van der Waals surface area contributed by atoms with Crippen molar-refractivity contribution in [3.05, 3.63) is 29.3 Å². The smallest absolute Gasteiger partial charge is 0.335 e. The number of anilines is 1. The summed E-state index contributed by atoms with van der Waals surface area (Å²) in [6.07, 6.45) is -1.48. The third-order valence-corrected chi connectivity index (χ3v) is 3.04. The largest absolute Gasteiger partial charge is 0.478 e. The van der Waals surface area contributed by atoms with Crippen LogP contribution in [-0.2, 0) is 0 Å². The van der Waals surface area contributed by atoms with Gasteiger partial charge in [-0.3, -0.25) is 0 Å². The summed E-state index contributed by atoms with van der Waals surface area (Å²) in [4.78, 5) is 12.7. The van der Waals surface area contributed by atoms with E-state index < -0.39 is 18.2 Å². The minimum Gasteiger partial charge on any atom is -0.478 e. The first-order chi connectivity index (χ1) is 7.99. The van der Waals surface area contributed by atoms with Gasteiger partial charge in [-0.05, 0) is 30.7 Å². The van der Waals surface area contributed by atoms with Crippen LogP contribution in [0.1, 0.15) is 15.9 Å². The maximum Gasteiger partial charge on any atom is 0.335 e. The fraction of sp³-hybridized carbons (Fsp3) is 0.417. The van der Waals surface area contributed by atoms with Crippen LogP contribution in [-0.4, -0.2) is 46.6 Å². The quantitative estimate of drug-likeness (QED) is 0.686. The van der Waals surface area contributed by atoms with E-state index in [-0.39, 0.29) is 5.56 Å². The normalized spacial score (nSPS) is 24.1. The average Bonchev–Trinajstić information content (AvgIpc) is 2.58. The summed E-state index contributed by atoms with van der Waals surface area (Å²) >= 11 is 0. The molecule has 1 fully saturated rings. The Bertz CT molecular complexity index is 436. The first kappa shape index (κ1) is 11.9. The number of β-amino-alcohol motifs (C(OH)–C–C–N with tert-alkyl or cyclic N) is 2. The van der Waals surface area contributed by atoms with Crippen molar-refractivity contribution < 1.29 is 20.1 Å². The number of aliphatic hydroxyl groups is 2. The van der Waals surface area contributed by atoms with Crippen LogP contribution < -0.4 is 4.90 Å². The zero-order valence-electron chi connectivity index (χ0n) is 9.50. The molecule has 3 N–H and O–H groups in total. The molecular weight excluding hydrogens is 222 g/mol. The molecule has 1 heterocycles. The average molecular weight is 237 g/mol. The van der Waals surface area contributed by atoms with Gasteiger partial charge in [-0.2, -0.15) is 0 Å². The number of hydrogen-bond acceptors (Lipinski definition) is 4. The molecule has 1 aliphatic heterocycles. The summed E-state index contributed by atoms with van der Waals surface area (Å²) in [5, 5.41) is 27.8. The number of benzene rings is 1. The molecular formula is C12H15NO4. The highest BCUT2D eigenvalue weighted by molar-refractivity contribution is 5.88. The summed E-state index contributed by atoms with van der Waals surface area (Å²) < 4.78 is 0. The lowest BCUT2D eigenvalue weighted by Crippen LogP contribution is -2.22. The number of aryl methyl sites for hydroxylation is 1. The zero-order chi connectivity index (χ0) is 12.6. The molecule has 0 bridgehead atoms. The van der Waals surface area contributed by atoms with Gasteiger partial charge in [0.25, 0.3) is 0 Å². The second-order valence-electron chi connectivity index (χ2n) is 4.35. The van der Waals surface area contributed by atoms with Crippen LogP contribution in [0.4, 0.5) is 5.69 Å². The van der Waals surface area contributed by atoms with Crippen molar-refractivity contribution in [3.8, 4) is 0 Å². The van der Waals surface area contributed by atoms with Gasteiger partial charge in [-0.15, -0.1) is 0 Å². The monoisotopic (exact) mass is 237 g/mol. The Labute approximate surface area is 98.9 Å². The molecule has 17 heavy (non-hydrogen) atoms. The molecule has 0 aromatic heterocycles. The van der Waals surface area contributed by atoms with Crippen LogP contribution in [0.3, 0.4) is 0 Å². The molecule has 0 radical (unpaired) electrons. The highest BCUT2D eigenvalue weighted by atomic mass is 16.4. The highest BCUT2D eigenvalue weighted by Crippen LogP contribution is 2.25. The molecule has 0 aliphatic carbocycles. The van der Waals surface area contributed by atoms with Gasteiger partial charge in [0.1, 0.15) is 0 Å². The fourth-order valence-corrected chi connectivity index (χ4v) is 2.11. The number of carboxylic acids is 1. The van der Waals surface area contributed by atoms with E-state index >= 15 is 0 Å². The van der Waals surface area contributed by atoms with Gasteiger partial charge < -0.3 is 20.2 Å². The maximum absolute atomic E-state index is 10.8. The number of rotatable bonds is 2. The maximum atomic E-state index is 10.8. The van der Waals surface area contributed by atoms with E-state index in [1.807, 2.05) is 11.8 Å². The second kappa shape index (κ2) is 4.35. The Balaban J connectivity index is 2.26. The van der Waals surface area contributed by atoms with Gasteiger partial charge in [0.05, 0.1) is 17.8 Å². The molecule has 2 rings (SSSR count). The van der Waals surface area contributed by atoms with Gasteiger partial charge in [0.15, 0.2) is 0 Å². The first-order valence-corrected chi connectivity index (χ1v) is 5.44. The Hall–Kier alpha value is -1.59. The SMILES string of the molecule is Cc1cc(C(=O)O)ccc1N1CC(O)C(O)C1. The van der Waals surface area contributed by atoms with Crippen molar-refractivity contribution in [2.45, 2.75) is 19.1 Å². The van der Waals surface area contributed by atoms with Gasteiger partial charge in [-0.1, -0.05) is 0 Å². The first-order valence-electron chi connectivity index (χ1n) is 5.44. The van der Waals surface area contributed by atoms with Gasteiger partial charge >= 0.3 is 5.97 Å². The molecule has 1 aromatic carbocycles. The molecule has 5 heteroatoms.